The minimum atomic E-state index is -1.46. The largest absolute Gasteiger partial charge is 0.493 e. The van der Waals surface area contributed by atoms with E-state index in [9.17, 15) is 14.8 Å². The molecule has 7 nitrogen and oxygen atoms in total. The molecule has 1 aromatic rings. The molecule has 0 aliphatic carbocycles. The lowest BCUT2D eigenvalue weighted by Gasteiger charge is -2.35. The Morgan fingerprint density at radius 2 is 1.85 bits per heavy atom. The minimum absolute atomic E-state index is 0.239. The Bertz CT molecular complexity index is 625. The number of aryl methyl sites for hydroxylation is 1. The third-order valence-electron chi connectivity index (χ3n) is 4.40. The number of nitrogens with zero attached hydrogens (tertiary/aromatic N) is 2. The van der Waals surface area contributed by atoms with Crippen LogP contribution in [0, 0.1) is 6.92 Å². The van der Waals surface area contributed by atoms with Crippen LogP contribution in [0.1, 0.15) is 32.8 Å². The van der Waals surface area contributed by atoms with Gasteiger partial charge in [-0.25, -0.2) is 4.79 Å². The monoisotopic (exact) mass is 378 g/mol. The van der Waals surface area contributed by atoms with E-state index in [-0.39, 0.29) is 6.09 Å². The quantitative estimate of drug-likeness (QED) is 0.568. The first kappa shape index (κ1) is 21.5. The van der Waals surface area contributed by atoms with Gasteiger partial charge in [0.25, 0.3) is 0 Å². The van der Waals surface area contributed by atoms with Crippen molar-refractivity contribution in [3.8, 4) is 5.75 Å². The molecular formula is C19H31BN2O5. The average molecular weight is 378 g/mol. The molecule has 0 spiro atoms. The van der Waals surface area contributed by atoms with Gasteiger partial charge in [0.15, 0.2) is 0 Å². The number of amides is 1. The van der Waals surface area contributed by atoms with E-state index in [2.05, 4.69) is 4.90 Å². The first-order valence-electron chi connectivity index (χ1n) is 9.45. The van der Waals surface area contributed by atoms with Gasteiger partial charge in [0, 0.05) is 32.7 Å². The molecule has 1 aliphatic rings. The Labute approximate surface area is 162 Å². The fourth-order valence-corrected chi connectivity index (χ4v) is 2.95. The molecule has 0 bridgehead atoms. The van der Waals surface area contributed by atoms with Gasteiger partial charge in [-0.2, -0.15) is 0 Å². The Kier molecular flexibility index (Phi) is 7.53. The molecule has 1 saturated heterocycles. The Hall–Kier alpha value is -1.77. The SMILES string of the molecule is Cc1cc(B(O)O)ccc1OCCCN1CCN(C(=O)OC(C)(C)C)CC1. The fourth-order valence-electron chi connectivity index (χ4n) is 2.95. The molecule has 1 amide bonds. The second-order valence-electron chi connectivity index (χ2n) is 7.91. The molecule has 150 valence electrons. The van der Waals surface area contributed by atoms with Gasteiger partial charge in [-0.3, -0.25) is 4.90 Å². The first-order valence-corrected chi connectivity index (χ1v) is 9.45. The Morgan fingerprint density at radius 3 is 2.41 bits per heavy atom. The van der Waals surface area contributed by atoms with Gasteiger partial charge >= 0.3 is 13.2 Å². The van der Waals surface area contributed by atoms with Gasteiger partial charge in [-0.05, 0) is 51.2 Å². The number of ether oxygens (including phenoxy) is 2. The molecule has 1 fully saturated rings. The van der Waals surface area contributed by atoms with Crippen molar-refractivity contribution in [3.63, 3.8) is 0 Å². The third kappa shape index (κ3) is 7.05. The third-order valence-corrected chi connectivity index (χ3v) is 4.40. The molecule has 27 heavy (non-hydrogen) atoms. The summed E-state index contributed by atoms with van der Waals surface area (Å²) in [4.78, 5) is 16.2. The van der Waals surface area contributed by atoms with E-state index in [4.69, 9.17) is 9.47 Å². The summed E-state index contributed by atoms with van der Waals surface area (Å²) in [5.74, 6) is 0.758. The molecule has 2 N–H and O–H groups in total. The molecule has 1 aliphatic heterocycles. The average Bonchev–Trinajstić information content (AvgIpc) is 2.58. The molecule has 0 atom stereocenters. The van der Waals surface area contributed by atoms with Crippen LogP contribution >= 0.6 is 0 Å². The van der Waals surface area contributed by atoms with E-state index >= 15 is 0 Å². The molecule has 0 unspecified atom stereocenters. The highest BCUT2D eigenvalue weighted by Crippen LogP contribution is 2.16. The van der Waals surface area contributed by atoms with Crippen molar-refractivity contribution in [2.24, 2.45) is 0 Å². The molecule has 0 saturated carbocycles. The predicted molar refractivity (Wildman–Crippen MR) is 105 cm³/mol. The zero-order valence-corrected chi connectivity index (χ0v) is 16.8. The van der Waals surface area contributed by atoms with Crippen molar-refractivity contribution in [1.82, 2.24) is 9.80 Å². The van der Waals surface area contributed by atoms with Crippen molar-refractivity contribution < 1.29 is 24.3 Å². The summed E-state index contributed by atoms with van der Waals surface area (Å²) in [5.41, 5.74) is 0.881. The molecule has 1 aromatic carbocycles. The van der Waals surface area contributed by atoms with Gasteiger partial charge in [0.2, 0.25) is 0 Å². The highest BCUT2D eigenvalue weighted by atomic mass is 16.6. The summed E-state index contributed by atoms with van der Waals surface area (Å²) in [7, 11) is -1.46. The lowest BCUT2D eigenvalue weighted by Crippen LogP contribution is -2.50. The Balaban J connectivity index is 1.67. The van der Waals surface area contributed by atoms with E-state index in [1.165, 1.54) is 0 Å². The molecule has 1 heterocycles. The first-order chi connectivity index (χ1) is 12.7. The van der Waals surface area contributed by atoms with E-state index in [1.54, 1.807) is 23.1 Å². The number of carbonyl (C=O) groups is 1. The lowest BCUT2D eigenvalue weighted by molar-refractivity contribution is 0.0142. The summed E-state index contributed by atoms with van der Waals surface area (Å²) in [5, 5.41) is 18.4. The van der Waals surface area contributed by atoms with E-state index < -0.39 is 12.7 Å². The number of carbonyl (C=O) groups excluding carboxylic acids is 1. The lowest BCUT2D eigenvalue weighted by atomic mass is 9.79. The van der Waals surface area contributed by atoms with Crippen LogP contribution in [-0.2, 0) is 4.74 Å². The molecule has 0 aromatic heterocycles. The summed E-state index contributed by atoms with van der Waals surface area (Å²) in [6.07, 6.45) is 0.647. The van der Waals surface area contributed by atoms with Crippen molar-refractivity contribution in [2.75, 3.05) is 39.3 Å². The second kappa shape index (κ2) is 9.44. The topological polar surface area (TPSA) is 82.5 Å². The normalized spacial score (nSPS) is 15.6. The number of hydrogen-bond acceptors (Lipinski definition) is 6. The summed E-state index contributed by atoms with van der Waals surface area (Å²) in [6, 6.07) is 5.14. The molecule has 2 rings (SSSR count). The van der Waals surface area contributed by atoms with Crippen LogP contribution in [0.3, 0.4) is 0 Å². The summed E-state index contributed by atoms with van der Waals surface area (Å²) >= 11 is 0. The van der Waals surface area contributed by atoms with Gasteiger partial charge in [-0.1, -0.05) is 12.1 Å². The highest BCUT2D eigenvalue weighted by molar-refractivity contribution is 6.58. The second-order valence-corrected chi connectivity index (χ2v) is 7.91. The van der Waals surface area contributed by atoms with Crippen molar-refractivity contribution in [3.05, 3.63) is 23.8 Å². The number of benzene rings is 1. The summed E-state index contributed by atoms with van der Waals surface area (Å²) in [6.45, 7) is 12.1. The molecule has 8 heteroatoms. The maximum absolute atomic E-state index is 12.1. The number of rotatable bonds is 6. The van der Waals surface area contributed by atoms with Crippen LogP contribution in [0.2, 0.25) is 0 Å². The fraction of sp³-hybridized carbons (Fsp3) is 0.632. The Morgan fingerprint density at radius 1 is 1.19 bits per heavy atom. The van der Waals surface area contributed by atoms with Gasteiger partial charge in [0.05, 0.1) is 6.61 Å². The van der Waals surface area contributed by atoms with Crippen LogP contribution in [0.15, 0.2) is 18.2 Å². The zero-order valence-electron chi connectivity index (χ0n) is 16.8. The number of piperazine rings is 1. The molecule has 0 radical (unpaired) electrons. The van der Waals surface area contributed by atoms with Gasteiger partial charge < -0.3 is 24.4 Å². The van der Waals surface area contributed by atoms with E-state index in [1.807, 2.05) is 27.7 Å². The van der Waals surface area contributed by atoms with Crippen molar-refractivity contribution in [2.45, 2.75) is 39.7 Å². The van der Waals surface area contributed by atoms with Crippen molar-refractivity contribution >= 4 is 18.7 Å². The van der Waals surface area contributed by atoms with Gasteiger partial charge in [-0.15, -0.1) is 0 Å². The van der Waals surface area contributed by atoms with E-state index in [0.29, 0.717) is 25.2 Å². The van der Waals surface area contributed by atoms with Crippen LogP contribution in [0.4, 0.5) is 4.79 Å². The maximum atomic E-state index is 12.1. The van der Waals surface area contributed by atoms with Crippen LogP contribution in [0.5, 0.6) is 5.75 Å². The van der Waals surface area contributed by atoms with Crippen molar-refractivity contribution in [1.29, 1.82) is 0 Å². The van der Waals surface area contributed by atoms with Crippen LogP contribution < -0.4 is 10.2 Å². The highest BCUT2D eigenvalue weighted by Gasteiger charge is 2.25. The van der Waals surface area contributed by atoms with Gasteiger partial charge in [0.1, 0.15) is 11.4 Å². The minimum Gasteiger partial charge on any atom is -0.493 e. The maximum Gasteiger partial charge on any atom is 0.488 e. The van der Waals surface area contributed by atoms with Crippen LogP contribution in [0.25, 0.3) is 0 Å². The smallest absolute Gasteiger partial charge is 0.488 e. The molecular weight excluding hydrogens is 347 g/mol. The standard InChI is InChI=1S/C19H31BN2O5/c1-15-14-16(20(24)25)6-7-17(15)26-13-5-8-21-9-11-22(12-10-21)18(23)27-19(2,3)4/h6-7,14,24-25H,5,8-13H2,1-4H3. The predicted octanol–water partition coefficient (Wildman–Crippen LogP) is 0.996. The summed E-state index contributed by atoms with van der Waals surface area (Å²) < 4.78 is 11.2. The van der Waals surface area contributed by atoms with Crippen LogP contribution in [-0.4, -0.2) is 78.0 Å². The zero-order chi connectivity index (χ0) is 20.0. The number of hydrogen-bond donors (Lipinski definition) is 2. The van der Waals surface area contributed by atoms with E-state index in [0.717, 1.165) is 37.4 Å².